The fourth-order valence-corrected chi connectivity index (χ4v) is 3.65. The third kappa shape index (κ3) is 2.63. The van der Waals surface area contributed by atoms with Crippen LogP contribution >= 0.6 is 23.1 Å². The second-order valence-corrected chi connectivity index (χ2v) is 6.52. The van der Waals surface area contributed by atoms with Gasteiger partial charge < -0.3 is 9.73 Å². The van der Waals surface area contributed by atoms with Gasteiger partial charge in [-0.1, -0.05) is 6.07 Å². The van der Waals surface area contributed by atoms with E-state index < -0.39 is 0 Å². The Morgan fingerprint density at radius 3 is 3.11 bits per heavy atom. The molecule has 1 saturated heterocycles. The Labute approximate surface area is 115 Å². The quantitative estimate of drug-likeness (QED) is 0.913. The molecule has 0 radical (unpaired) electrons. The molecule has 3 nitrogen and oxygen atoms in total. The van der Waals surface area contributed by atoms with E-state index in [0.29, 0.717) is 0 Å². The monoisotopic (exact) mass is 280 g/mol. The lowest BCUT2D eigenvalue weighted by Gasteiger charge is -2.26. The Morgan fingerprint density at radius 1 is 1.56 bits per heavy atom. The van der Waals surface area contributed by atoms with Gasteiger partial charge >= 0.3 is 0 Å². The Morgan fingerprint density at radius 2 is 2.44 bits per heavy atom. The maximum atomic E-state index is 5.73. The lowest BCUT2D eigenvalue weighted by molar-refractivity contribution is 0.385. The number of nitrogens with one attached hydrogen (secondary N) is 1. The normalized spacial score (nSPS) is 15.8. The van der Waals surface area contributed by atoms with Crippen molar-refractivity contribution < 1.29 is 4.42 Å². The van der Waals surface area contributed by atoms with E-state index in [2.05, 4.69) is 10.3 Å². The number of thioether (sulfide) groups is 1. The highest BCUT2D eigenvalue weighted by Crippen LogP contribution is 2.28. The zero-order valence-electron chi connectivity index (χ0n) is 10.3. The number of rotatable bonds is 5. The molecule has 0 aromatic carbocycles. The first-order valence-corrected chi connectivity index (χ1v) is 8.15. The zero-order chi connectivity index (χ0) is 12.4. The van der Waals surface area contributed by atoms with Crippen LogP contribution in [0.2, 0.25) is 0 Å². The lowest BCUT2D eigenvalue weighted by atomic mass is 10.1. The fraction of sp³-hybridized carbons (Fsp3) is 0.462. The molecule has 3 heterocycles. The Bertz CT molecular complexity index is 503. The maximum Gasteiger partial charge on any atom is 0.236 e. The molecule has 1 N–H and O–H groups in total. The van der Waals surface area contributed by atoms with Crippen molar-refractivity contribution in [2.45, 2.75) is 12.7 Å². The molecule has 0 unspecified atom stereocenters. The van der Waals surface area contributed by atoms with E-state index in [1.165, 1.54) is 18.8 Å². The summed E-state index contributed by atoms with van der Waals surface area (Å²) in [4.78, 5) is 5.71. The minimum atomic E-state index is 0.767. The Balaban J connectivity index is 1.61. The molecular weight excluding hydrogens is 264 g/mol. The van der Waals surface area contributed by atoms with E-state index >= 15 is 0 Å². The average molecular weight is 280 g/mol. The first-order valence-electron chi connectivity index (χ1n) is 6.11. The Hall–Kier alpha value is -0.780. The highest BCUT2D eigenvalue weighted by molar-refractivity contribution is 7.98. The van der Waals surface area contributed by atoms with Gasteiger partial charge in [-0.15, -0.1) is 11.3 Å². The van der Waals surface area contributed by atoms with Gasteiger partial charge in [0.15, 0.2) is 0 Å². The van der Waals surface area contributed by atoms with Crippen LogP contribution in [0.25, 0.3) is 10.8 Å². The third-order valence-corrected chi connectivity index (χ3v) is 5.13. The molecule has 0 spiro atoms. The van der Waals surface area contributed by atoms with Crippen LogP contribution < -0.4 is 5.32 Å². The molecule has 1 aliphatic heterocycles. The van der Waals surface area contributed by atoms with E-state index in [0.717, 1.165) is 33.9 Å². The summed E-state index contributed by atoms with van der Waals surface area (Å²) in [5.41, 5.74) is 1.09. The molecule has 96 valence electrons. The molecule has 3 rings (SSSR count). The van der Waals surface area contributed by atoms with Crippen LogP contribution in [0.5, 0.6) is 0 Å². The number of aromatic nitrogens is 1. The van der Waals surface area contributed by atoms with Crippen LogP contribution in [0.15, 0.2) is 21.9 Å². The molecule has 2 aromatic rings. The molecule has 0 saturated carbocycles. The summed E-state index contributed by atoms with van der Waals surface area (Å²) >= 11 is 3.62. The van der Waals surface area contributed by atoms with Crippen molar-refractivity contribution in [2.75, 3.05) is 18.8 Å². The second kappa shape index (κ2) is 5.47. The van der Waals surface area contributed by atoms with Crippen molar-refractivity contribution in [1.82, 2.24) is 10.3 Å². The zero-order valence-corrected chi connectivity index (χ0v) is 11.9. The van der Waals surface area contributed by atoms with Gasteiger partial charge in [0.25, 0.3) is 0 Å². The van der Waals surface area contributed by atoms with Gasteiger partial charge in [-0.2, -0.15) is 11.8 Å². The summed E-state index contributed by atoms with van der Waals surface area (Å²) < 4.78 is 5.73. The standard InChI is InChI=1S/C13H16N2OS2/c1-9-11(8-17-7-10-5-14-6-10)15-13(16-9)12-3-2-4-18-12/h2-4,10,14H,5-8H2,1H3. The summed E-state index contributed by atoms with van der Waals surface area (Å²) in [6.45, 7) is 4.35. The molecule has 18 heavy (non-hydrogen) atoms. The number of oxazole rings is 1. The average Bonchev–Trinajstić information content (AvgIpc) is 2.91. The van der Waals surface area contributed by atoms with Gasteiger partial charge in [0, 0.05) is 5.75 Å². The van der Waals surface area contributed by atoms with Gasteiger partial charge in [0.1, 0.15) is 5.76 Å². The molecule has 0 atom stereocenters. The molecular formula is C13H16N2OS2. The number of nitrogens with zero attached hydrogens (tertiary/aromatic N) is 1. The van der Waals surface area contributed by atoms with Crippen LogP contribution in [-0.2, 0) is 5.75 Å². The van der Waals surface area contributed by atoms with Gasteiger partial charge in [0.05, 0.1) is 10.6 Å². The highest BCUT2D eigenvalue weighted by Gasteiger charge is 2.17. The summed E-state index contributed by atoms with van der Waals surface area (Å²) in [6.07, 6.45) is 0. The van der Waals surface area contributed by atoms with Gasteiger partial charge in [-0.25, -0.2) is 4.98 Å². The topological polar surface area (TPSA) is 38.1 Å². The summed E-state index contributed by atoms with van der Waals surface area (Å²) in [5.74, 6) is 4.74. The molecule has 0 amide bonds. The molecule has 1 aliphatic rings. The van der Waals surface area contributed by atoms with Crippen molar-refractivity contribution in [3.63, 3.8) is 0 Å². The third-order valence-electron chi connectivity index (χ3n) is 3.08. The molecule has 0 aliphatic carbocycles. The van der Waals surface area contributed by atoms with Crippen molar-refractivity contribution in [3.8, 4) is 10.8 Å². The second-order valence-electron chi connectivity index (χ2n) is 4.54. The maximum absolute atomic E-state index is 5.73. The predicted octanol–water partition coefficient (Wildman–Crippen LogP) is 3.16. The number of thiophene rings is 1. The van der Waals surface area contributed by atoms with Gasteiger partial charge in [0.2, 0.25) is 5.89 Å². The molecule has 1 fully saturated rings. The van der Waals surface area contributed by atoms with E-state index in [1.807, 2.05) is 36.2 Å². The largest absolute Gasteiger partial charge is 0.440 e. The van der Waals surface area contributed by atoms with Crippen molar-refractivity contribution >= 4 is 23.1 Å². The van der Waals surface area contributed by atoms with E-state index in [9.17, 15) is 0 Å². The fourth-order valence-electron chi connectivity index (χ4n) is 1.86. The minimum Gasteiger partial charge on any atom is -0.440 e. The highest BCUT2D eigenvalue weighted by atomic mass is 32.2. The van der Waals surface area contributed by atoms with E-state index in [1.54, 1.807) is 11.3 Å². The molecule has 0 bridgehead atoms. The Kier molecular flexibility index (Phi) is 3.72. The summed E-state index contributed by atoms with van der Waals surface area (Å²) in [7, 11) is 0. The first-order chi connectivity index (χ1) is 8.83. The molecule has 2 aromatic heterocycles. The van der Waals surface area contributed by atoms with E-state index in [4.69, 9.17) is 4.42 Å². The predicted molar refractivity (Wildman–Crippen MR) is 77.1 cm³/mol. The van der Waals surface area contributed by atoms with Crippen molar-refractivity contribution in [2.24, 2.45) is 5.92 Å². The number of aryl methyl sites for hydroxylation is 1. The van der Waals surface area contributed by atoms with E-state index in [-0.39, 0.29) is 0 Å². The minimum absolute atomic E-state index is 0.767. The number of hydrogen-bond donors (Lipinski definition) is 1. The molecule has 5 heteroatoms. The number of hydrogen-bond acceptors (Lipinski definition) is 5. The van der Waals surface area contributed by atoms with Crippen LogP contribution in [0.1, 0.15) is 11.5 Å². The smallest absolute Gasteiger partial charge is 0.236 e. The SMILES string of the molecule is Cc1oc(-c2cccs2)nc1CSCC1CNC1. The van der Waals surface area contributed by atoms with Crippen LogP contribution in [0, 0.1) is 12.8 Å². The van der Waals surface area contributed by atoms with Crippen molar-refractivity contribution in [1.29, 1.82) is 0 Å². The summed E-state index contributed by atoms with van der Waals surface area (Å²) in [6, 6.07) is 4.07. The summed E-state index contributed by atoms with van der Waals surface area (Å²) in [5, 5.41) is 5.35. The van der Waals surface area contributed by atoms with Crippen LogP contribution in [-0.4, -0.2) is 23.8 Å². The van der Waals surface area contributed by atoms with Gasteiger partial charge in [-0.3, -0.25) is 0 Å². The van der Waals surface area contributed by atoms with Crippen LogP contribution in [0.4, 0.5) is 0 Å². The van der Waals surface area contributed by atoms with Crippen molar-refractivity contribution in [3.05, 3.63) is 29.0 Å². The van der Waals surface area contributed by atoms with Crippen LogP contribution in [0.3, 0.4) is 0 Å². The lowest BCUT2D eigenvalue weighted by Crippen LogP contribution is -2.43. The first kappa shape index (κ1) is 12.3. The van der Waals surface area contributed by atoms with Gasteiger partial charge in [-0.05, 0) is 43.1 Å².